The van der Waals surface area contributed by atoms with E-state index in [4.69, 9.17) is 0 Å². The van der Waals surface area contributed by atoms with E-state index in [0.717, 1.165) is 11.4 Å². The molecule has 3 aromatic heterocycles. The molecular formula is C14H16N6O. The van der Waals surface area contributed by atoms with Crippen LogP contribution >= 0.6 is 0 Å². The zero-order valence-corrected chi connectivity index (χ0v) is 11.9. The van der Waals surface area contributed by atoms with Crippen LogP contribution in [0.5, 0.6) is 0 Å². The summed E-state index contributed by atoms with van der Waals surface area (Å²) in [5.41, 5.74) is 2.95. The van der Waals surface area contributed by atoms with Crippen LogP contribution in [0.2, 0.25) is 0 Å². The van der Waals surface area contributed by atoms with E-state index in [1.54, 1.807) is 29.0 Å². The summed E-state index contributed by atoms with van der Waals surface area (Å²) in [6, 6.07) is 5.38. The lowest BCUT2D eigenvalue weighted by atomic mass is 10.1. The third-order valence-corrected chi connectivity index (χ3v) is 3.12. The van der Waals surface area contributed by atoms with E-state index in [0.29, 0.717) is 17.8 Å². The lowest BCUT2D eigenvalue weighted by Crippen LogP contribution is -2.34. The summed E-state index contributed by atoms with van der Waals surface area (Å²) in [6.07, 6.45) is 4.10. The Morgan fingerprint density at radius 3 is 3.05 bits per heavy atom. The van der Waals surface area contributed by atoms with Crippen LogP contribution in [0.4, 0.5) is 0 Å². The molecule has 0 aromatic carbocycles. The van der Waals surface area contributed by atoms with Gasteiger partial charge < -0.3 is 5.32 Å². The molecular weight excluding hydrogens is 268 g/mol. The second-order valence-corrected chi connectivity index (χ2v) is 5.07. The van der Waals surface area contributed by atoms with Crippen molar-refractivity contribution in [3.05, 3.63) is 47.7 Å². The lowest BCUT2D eigenvalue weighted by molar-refractivity contribution is 0.0934. The van der Waals surface area contributed by atoms with Crippen LogP contribution in [0.1, 0.15) is 28.8 Å². The molecule has 0 spiro atoms. The standard InChI is InChI=1S/C14H16N6O/c1-9(6-11-7-10(2)17-18-11)16-14(21)12-8-13-15-4-3-5-20(13)19-12/h3-5,7-9H,6H2,1-2H3,(H,16,21)(H,17,18). The van der Waals surface area contributed by atoms with Crippen LogP contribution in [-0.4, -0.2) is 36.7 Å². The molecule has 1 amide bonds. The first-order chi connectivity index (χ1) is 10.1. The maximum Gasteiger partial charge on any atom is 0.272 e. The van der Waals surface area contributed by atoms with E-state index in [1.807, 2.05) is 19.9 Å². The first kappa shape index (κ1) is 13.3. The Morgan fingerprint density at radius 1 is 1.48 bits per heavy atom. The quantitative estimate of drug-likeness (QED) is 0.751. The largest absolute Gasteiger partial charge is 0.348 e. The van der Waals surface area contributed by atoms with E-state index in [2.05, 4.69) is 25.6 Å². The topological polar surface area (TPSA) is 88.0 Å². The van der Waals surface area contributed by atoms with Gasteiger partial charge in [0.25, 0.3) is 5.91 Å². The molecule has 0 bridgehead atoms. The predicted octanol–water partition coefficient (Wildman–Crippen LogP) is 1.12. The van der Waals surface area contributed by atoms with Crippen LogP contribution in [-0.2, 0) is 6.42 Å². The summed E-state index contributed by atoms with van der Waals surface area (Å²) >= 11 is 0. The molecule has 0 fully saturated rings. The van der Waals surface area contributed by atoms with Crippen LogP contribution in [0.25, 0.3) is 5.65 Å². The van der Waals surface area contributed by atoms with Gasteiger partial charge in [-0.15, -0.1) is 0 Å². The minimum absolute atomic E-state index is 0.0297. The van der Waals surface area contributed by atoms with Crippen molar-refractivity contribution in [3.63, 3.8) is 0 Å². The van der Waals surface area contributed by atoms with E-state index in [-0.39, 0.29) is 11.9 Å². The first-order valence-electron chi connectivity index (χ1n) is 6.74. The third kappa shape index (κ3) is 2.91. The number of hydrogen-bond donors (Lipinski definition) is 2. The number of aryl methyl sites for hydroxylation is 1. The van der Waals surface area contributed by atoms with E-state index in [1.165, 1.54) is 0 Å². The summed E-state index contributed by atoms with van der Waals surface area (Å²) in [5, 5.41) is 14.2. The number of nitrogens with one attached hydrogen (secondary N) is 2. The summed E-state index contributed by atoms with van der Waals surface area (Å²) in [5.74, 6) is -0.208. The van der Waals surface area contributed by atoms with Gasteiger partial charge in [0.2, 0.25) is 0 Å². The number of rotatable bonds is 4. The monoisotopic (exact) mass is 284 g/mol. The van der Waals surface area contributed by atoms with Gasteiger partial charge in [-0.25, -0.2) is 9.50 Å². The molecule has 1 atom stereocenters. The fourth-order valence-corrected chi connectivity index (χ4v) is 2.18. The molecule has 2 N–H and O–H groups in total. The molecule has 3 aromatic rings. The van der Waals surface area contributed by atoms with Crippen molar-refractivity contribution >= 4 is 11.6 Å². The number of amides is 1. The highest BCUT2D eigenvalue weighted by Crippen LogP contribution is 2.05. The number of H-pyrrole nitrogens is 1. The van der Waals surface area contributed by atoms with Crippen LogP contribution < -0.4 is 5.32 Å². The van der Waals surface area contributed by atoms with Gasteiger partial charge >= 0.3 is 0 Å². The minimum atomic E-state index is -0.208. The maximum absolute atomic E-state index is 12.2. The Kier molecular flexibility index (Phi) is 3.39. The normalized spacial score (nSPS) is 12.5. The second-order valence-electron chi connectivity index (χ2n) is 5.07. The van der Waals surface area contributed by atoms with Gasteiger partial charge in [0.1, 0.15) is 0 Å². The first-order valence-corrected chi connectivity index (χ1v) is 6.74. The zero-order valence-electron chi connectivity index (χ0n) is 11.9. The molecule has 7 nitrogen and oxygen atoms in total. The third-order valence-electron chi connectivity index (χ3n) is 3.12. The summed E-state index contributed by atoms with van der Waals surface area (Å²) in [6.45, 7) is 3.89. The Labute approximate surface area is 121 Å². The highest BCUT2D eigenvalue weighted by molar-refractivity contribution is 5.93. The van der Waals surface area contributed by atoms with Crippen LogP contribution in [0.15, 0.2) is 30.6 Å². The van der Waals surface area contributed by atoms with Gasteiger partial charge in [0.15, 0.2) is 11.3 Å². The summed E-state index contributed by atoms with van der Waals surface area (Å²) in [7, 11) is 0. The fourth-order valence-electron chi connectivity index (χ4n) is 2.18. The highest BCUT2D eigenvalue weighted by Gasteiger charge is 2.15. The molecule has 1 unspecified atom stereocenters. The SMILES string of the molecule is Cc1cc(CC(C)NC(=O)c2cc3ncccn3n2)n[nH]1. The van der Waals surface area contributed by atoms with E-state index >= 15 is 0 Å². The summed E-state index contributed by atoms with van der Waals surface area (Å²) < 4.78 is 1.58. The molecule has 0 saturated heterocycles. The Balaban J connectivity index is 1.67. The van der Waals surface area contributed by atoms with Crippen molar-refractivity contribution < 1.29 is 4.79 Å². The average Bonchev–Trinajstić information content (AvgIpc) is 3.04. The zero-order chi connectivity index (χ0) is 14.8. The van der Waals surface area contributed by atoms with Crippen molar-refractivity contribution in [1.82, 2.24) is 30.1 Å². The van der Waals surface area contributed by atoms with Gasteiger partial charge in [0.05, 0.1) is 5.69 Å². The van der Waals surface area contributed by atoms with Gasteiger partial charge in [-0.2, -0.15) is 10.2 Å². The van der Waals surface area contributed by atoms with E-state index in [9.17, 15) is 4.79 Å². The van der Waals surface area contributed by atoms with Gasteiger partial charge in [-0.05, 0) is 26.0 Å². The molecule has 0 saturated carbocycles. The molecule has 108 valence electrons. The number of carbonyl (C=O) groups excluding carboxylic acids is 1. The van der Waals surface area contributed by atoms with Gasteiger partial charge in [-0.3, -0.25) is 9.89 Å². The van der Waals surface area contributed by atoms with Crippen molar-refractivity contribution in [2.24, 2.45) is 0 Å². The molecule has 3 heterocycles. The number of hydrogen-bond acceptors (Lipinski definition) is 4. The predicted molar refractivity (Wildman–Crippen MR) is 76.9 cm³/mol. The Bertz CT molecular complexity index is 741. The highest BCUT2D eigenvalue weighted by atomic mass is 16.2. The summed E-state index contributed by atoms with van der Waals surface area (Å²) in [4.78, 5) is 16.3. The Morgan fingerprint density at radius 2 is 2.33 bits per heavy atom. The second kappa shape index (κ2) is 5.35. The van der Waals surface area contributed by atoms with Crippen molar-refractivity contribution in [1.29, 1.82) is 0 Å². The van der Waals surface area contributed by atoms with Crippen molar-refractivity contribution in [2.75, 3.05) is 0 Å². The van der Waals surface area contributed by atoms with Crippen molar-refractivity contribution in [3.8, 4) is 0 Å². The molecule has 0 radical (unpaired) electrons. The average molecular weight is 284 g/mol. The minimum Gasteiger partial charge on any atom is -0.348 e. The molecule has 21 heavy (non-hydrogen) atoms. The number of fused-ring (bicyclic) bond motifs is 1. The molecule has 0 aliphatic heterocycles. The molecule has 0 aliphatic carbocycles. The van der Waals surface area contributed by atoms with Gasteiger partial charge in [-0.1, -0.05) is 0 Å². The molecule has 7 heteroatoms. The fraction of sp³-hybridized carbons (Fsp3) is 0.286. The van der Waals surface area contributed by atoms with Crippen LogP contribution in [0.3, 0.4) is 0 Å². The van der Waals surface area contributed by atoms with Gasteiger partial charge in [0, 0.05) is 36.6 Å². The lowest BCUT2D eigenvalue weighted by Gasteiger charge is -2.10. The molecule has 0 aliphatic rings. The van der Waals surface area contributed by atoms with Crippen molar-refractivity contribution in [2.45, 2.75) is 26.3 Å². The molecule has 3 rings (SSSR count). The maximum atomic E-state index is 12.2. The number of aromatic amines is 1. The number of nitrogens with zero attached hydrogens (tertiary/aromatic N) is 4. The smallest absolute Gasteiger partial charge is 0.272 e. The number of carbonyl (C=O) groups is 1. The number of aromatic nitrogens is 5. The van der Waals surface area contributed by atoms with Crippen LogP contribution in [0, 0.1) is 6.92 Å². The van der Waals surface area contributed by atoms with E-state index < -0.39 is 0 Å². The Hall–Kier alpha value is -2.70.